The molecular formula is C12H24. The molecule has 0 saturated heterocycles. The molecule has 1 aliphatic rings. The summed E-state index contributed by atoms with van der Waals surface area (Å²) < 4.78 is 0. The minimum atomic E-state index is 0.672. The molecule has 0 aliphatic heterocycles. The second-order valence-electron chi connectivity index (χ2n) is 5.05. The van der Waals surface area contributed by atoms with Gasteiger partial charge < -0.3 is 0 Å². The van der Waals surface area contributed by atoms with Gasteiger partial charge >= 0.3 is 0 Å². The van der Waals surface area contributed by atoms with Gasteiger partial charge in [-0.1, -0.05) is 47.0 Å². The Balaban J connectivity index is 2.52. The zero-order chi connectivity index (χ0) is 9.24. The third-order valence-electron chi connectivity index (χ3n) is 4.16. The summed E-state index contributed by atoms with van der Waals surface area (Å²) in [6.45, 7) is 9.54. The van der Waals surface area contributed by atoms with Crippen molar-refractivity contribution in [3.05, 3.63) is 0 Å². The normalized spacial score (nSPS) is 21.0. The Morgan fingerprint density at radius 1 is 1.00 bits per heavy atom. The van der Waals surface area contributed by atoms with Crippen LogP contribution in [-0.2, 0) is 0 Å². The average molecular weight is 168 g/mol. The zero-order valence-corrected chi connectivity index (χ0v) is 9.24. The molecule has 0 aromatic heterocycles. The Bertz CT molecular complexity index is 130. The SMILES string of the molecule is CCC(CC)(CC)CC1(C)CC1. The minimum absolute atomic E-state index is 0.672. The molecule has 0 radical (unpaired) electrons. The fourth-order valence-corrected chi connectivity index (χ4v) is 2.42. The van der Waals surface area contributed by atoms with Gasteiger partial charge in [0.15, 0.2) is 0 Å². The van der Waals surface area contributed by atoms with Gasteiger partial charge in [-0.2, -0.15) is 0 Å². The van der Waals surface area contributed by atoms with Crippen LogP contribution in [0.4, 0.5) is 0 Å². The molecule has 1 aliphatic carbocycles. The van der Waals surface area contributed by atoms with Crippen molar-refractivity contribution < 1.29 is 0 Å². The first-order valence-electron chi connectivity index (χ1n) is 5.60. The summed E-state index contributed by atoms with van der Waals surface area (Å²) in [4.78, 5) is 0. The van der Waals surface area contributed by atoms with Gasteiger partial charge in [0.25, 0.3) is 0 Å². The second-order valence-corrected chi connectivity index (χ2v) is 5.05. The van der Waals surface area contributed by atoms with Crippen LogP contribution >= 0.6 is 0 Å². The van der Waals surface area contributed by atoms with Gasteiger partial charge in [0.2, 0.25) is 0 Å². The van der Waals surface area contributed by atoms with Crippen LogP contribution in [0.15, 0.2) is 0 Å². The van der Waals surface area contributed by atoms with E-state index in [9.17, 15) is 0 Å². The molecule has 1 saturated carbocycles. The second kappa shape index (κ2) is 3.40. The Labute approximate surface area is 77.7 Å². The highest BCUT2D eigenvalue weighted by molar-refractivity contribution is 4.94. The van der Waals surface area contributed by atoms with Gasteiger partial charge in [-0.3, -0.25) is 0 Å². The predicted octanol–water partition coefficient (Wildman–Crippen LogP) is 4.39. The van der Waals surface area contributed by atoms with Crippen LogP contribution in [-0.4, -0.2) is 0 Å². The lowest BCUT2D eigenvalue weighted by molar-refractivity contribution is 0.182. The van der Waals surface area contributed by atoms with E-state index in [0.717, 1.165) is 5.41 Å². The minimum Gasteiger partial charge on any atom is -0.0649 e. The first-order chi connectivity index (χ1) is 5.60. The number of rotatable bonds is 5. The van der Waals surface area contributed by atoms with E-state index in [1.807, 2.05) is 0 Å². The summed E-state index contributed by atoms with van der Waals surface area (Å²) in [6.07, 6.45) is 8.55. The fourth-order valence-electron chi connectivity index (χ4n) is 2.42. The predicted molar refractivity (Wildman–Crippen MR) is 55.3 cm³/mol. The maximum Gasteiger partial charge on any atom is -0.0300 e. The molecule has 0 spiro atoms. The lowest BCUT2D eigenvalue weighted by Crippen LogP contribution is -2.21. The van der Waals surface area contributed by atoms with E-state index >= 15 is 0 Å². The van der Waals surface area contributed by atoms with Gasteiger partial charge in [0.05, 0.1) is 0 Å². The summed E-state index contributed by atoms with van der Waals surface area (Å²) in [6, 6.07) is 0. The van der Waals surface area contributed by atoms with Crippen molar-refractivity contribution in [2.75, 3.05) is 0 Å². The summed E-state index contributed by atoms with van der Waals surface area (Å²) in [5, 5.41) is 0. The van der Waals surface area contributed by atoms with Crippen molar-refractivity contribution in [3.8, 4) is 0 Å². The third-order valence-corrected chi connectivity index (χ3v) is 4.16. The quantitative estimate of drug-likeness (QED) is 0.571. The molecule has 0 N–H and O–H groups in total. The van der Waals surface area contributed by atoms with Crippen molar-refractivity contribution in [1.29, 1.82) is 0 Å². The van der Waals surface area contributed by atoms with Gasteiger partial charge in [-0.05, 0) is 30.1 Å². The van der Waals surface area contributed by atoms with Crippen LogP contribution < -0.4 is 0 Å². The van der Waals surface area contributed by atoms with Crippen molar-refractivity contribution >= 4 is 0 Å². The first kappa shape index (κ1) is 10.1. The van der Waals surface area contributed by atoms with Gasteiger partial charge in [-0.25, -0.2) is 0 Å². The van der Waals surface area contributed by atoms with Crippen molar-refractivity contribution in [3.63, 3.8) is 0 Å². The molecule has 0 amide bonds. The summed E-state index contributed by atoms with van der Waals surface area (Å²) in [7, 11) is 0. The molecule has 12 heavy (non-hydrogen) atoms. The lowest BCUT2D eigenvalue weighted by atomic mass is 9.72. The Morgan fingerprint density at radius 2 is 1.42 bits per heavy atom. The average Bonchev–Trinajstić information content (AvgIpc) is 2.80. The van der Waals surface area contributed by atoms with E-state index in [2.05, 4.69) is 27.7 Å². The topological polar surface area (TPSA) is 0 Å². The summed E-state index contributed by atoms with van der Waals surface area (Å²) in [5.74, 6) is 0. The van der Waals surface area contributed by atoms with Gasteiger partial charge in [-0.15, -0.1) is 0 Å². The van der Waals surface area contributed by atoms with Crippen molar-refractivity contribution in [2.24, 2.45) is 10.8 Å². The zero-order valence-electron chi connectivity index (χ0n) is 9.24. The molecule has 1 rings (SSSR count). The van der Waals surface area contributed by atoms with E-state index in [-0.39, 0.29) is 0 Å². The first-order valence-corrected chi connectivity index (χ1v) is 5.60. The van der Waals surface area contributed by atoms with Crippen LogP contribution in [0.2, 0.25) is 0 Å². The molecule has 0 bridgehead atoms. The van der Waals surface area contributed by atoms with Crippen LogP contribution in [0, 0.1) is 10.8 Å². The third kappa shape index (κ3) is 2.02. The van der Waals surface area contributed by atoms with Crippen molar-refractivity contribution in [1.82, 2.24) is 0 Å². The molecule has 0 atom stereocenters. The molecule has 0 aromatic carbocycles. The molecule has 0 aromatic rings. The van der Waals surface area contributed by atoms with Gasteiger partial charge in [0.1, 0.15) is 0 Å². The maximum absolute atomic E-state index is 2.46. The van der Waals surface area contributed by atoms with E-state index in [4.69, 9.17) is 0 Å². The van der Waals surface area contributed by atoms with E-state index in [0.29, 0.717) is 5.41 Å². The van der Waals surface area contributed by atoms with Crippen LogP contribution in [0.25, 0.3) is 0 Å². The van der Waals surface area contributed by atoms with Crippen LogP contribution in [0.1, 0.15) is 66.2 Å². The molecule has 0 heteroatoms. The van der Waals surface area contributed by atoms with Crippen molar-refractivity contribution in [2.45, 2.75) is 66.2 Å². The molecule has 0 heterocycles. The smallest absolute Gasteiger partial charge is 0.0300 e. The maximum atomic E-state index is 2.46. The molecule has 0 unspecified atom stereocenters. The number of hydrogen-bond donors (Lipinski definition) is 0. The highest BCUT2D eigenvalue weighted by Gasteiger charge is 2.43. The molecule has 72 valence electrons. The van der Waals surface area contributed by atoms with E-state index in [1.165, 1.54) is 38.5 Å². The van der Waals surface area contributed by atoms with Crippen LogP contribution in [0.3, 0.4) is 0 Å². The van der Waals surface area contributed by atoms with E-state index < -0.39 is 0 Å². The Morgan fingerprint density at radius 3 is 1.67 bits per heavy atom. The molecule has 0 nitrogen and oxygen atoms in total. The lowest BCUT2D eigenvalue weighted by Gasteiger charge is -2.33. The van der Waals surface area contributed by atoms with E-state index in [1.54, 1.807) is 0 Å². The summed E-state index contributed by atoms with van der Waals surface area (Å²) >= 11 is 0. The standard InChI is InChI=1S/C12H24/c1-5-12(6-2,7-3)10-11(4)8-9-11/h5-10H2,1-4H3. The monoisotopic (exact) mass is 168 g/mol. The fraction of sp³-hybridized carbons (Fsp3) is 1.00. The highest BCUT2D eigenvalue weighted by atomic mass is 14.5. The van der Waals surface area contributed by atoms with Crippen LogP contribution in [0.5, 0.6) is 0 Å². The Hall–Kier alpha value is 0. The summed E-state index contributed by atoms with van der Waals surface area (Å²) in [5.41, 5.74) is 1.41. The largest absolute Gasteiger partial charge is 0.0649 e. The molecular weight excluding hydrogens is 144 g/mol. The molecule has 1 fully saturated rings. The highest BCUT2D eigenvalue weighted by Crippen LogP contribution is 2.55. The number of hydrogen-bond acceptors (Lipinski definition) is 0. The Kier molecular flexibility index (Phi) is 2.85. The van der Waals surface area contributed by atoms with Gasteiger partial charge in [0, 0.05) is 0 Å².